The number of aliphatic imine (C=N–C) groups is 1. The van der Waals surface area contributed by atoms with Crippen LogP contribution in [0.5, 0.6) is 0 Å². The Labute approximate surface area is 93.6 Å². The Morgan fingerprint density at radius 2 is 1.93 bits per heavy atom. The van der Waals surface area contributed by atoms with Crippen molar-refractivity contribution in [3.05, 3.63) is 48.1 Å². The van der Waals surface area contributed by atoms with E-state index in [1.165, 1.54) is 0 Å². The minimum absolute atomic E-state index is 1.01. The highest BCUT2D eigenvalue weighted by molar-refractivity contribution is 5.73. The zero-order chi connectivity index (χ0) is 11.7. The Balaban J connectivity index is 4.30. The molecule has 0 radical (unpaired) electrons. The molecule has 0 aromatic rings. The molecule has 0 unspecified atom stereocenters. The van der Waals surface area contributed by atoms with Gasteiger partial charge in [-0.05, 0) is 30.6 Å². The van der Waals surface area contributed by atoms with Crippen molar-refractivity contribution in [2.75, 3.05) is 7.05 Å². The Hall–Kier alpha value is -1.37. The van der Waals surface area contributed by atoms with Crippen molar-refractivity contribution >= 4 is 6.21 Å². The summed E-state index contributed by atoms with van der Waals surface area (Å²) in [5.41, 5.74) is 3.28. The van der Waals surface area contributed by atoms with Crippen LogP contribution < -0.4 is 0 Å². The maximum absolute atomic E-state index is 3.98. The summed E-state index contributed by atoms with van der Waals surface area (Å²) >= 11 is 0. The van der Waals surface area contributed by atoms with Crippen LogP contribution in [0, 0.1) is 0 Å². The van der Waals surface area contributed by atoms with E-state index in [0.717, 1.165) is 29.6 Å². The Kier molecular flexibility index (Phi) is 7.25. The third-order valence-corrected chi connectivity index (χ3v) is 2.07. The molecule has 15 heavy (non-hydrogen) atoms. The van der Waals surface area contributed by atoms with Crippen LogP contribution in [0.25, 0.3) is 0 Å². The highest BCUT2D eigenvalue weighted by Crippen LogP contribution is 2.10. The van der Waals surface area contributed by atoms with Gasteiger partial charge in [0.2, 0.25) is 0 Å². The molecule has 0 aromatic heterocycles. The van der Waals surface area contributed by atoms with Crippen LogP contribution in [-0.4, -0.2) is 13.3 Å². The van der Waals surface area contributed by atoms with Crippen molar-refractivity contribution in [3.63, 3.8) is 0 Å². The van der Waals surface area contributed by atoms with E-state index in [1.807, 2.05) is 25.2 Å². The summed E-state index contributed by atoms with van der Waals surface area (Å²) in [6.07, 6.45) is 9.94. The molecule has 0 aliphatic rings. The van der Waals surface area contributed by atoms with E-state index >= 15 is 0 Å². The molecule has 0 saturated heterocycles. The lowest BCUT2D eigenvalue weighted by molar-refractivity contribution is 0.929. The molecular weight excluding hydrogens is 182 g/mol. The Morgan fingerprint density at radius 1 is 1.27 bits per heavy atom. The number of allylic oxidation sites excluding steroid dienone is 6. The summed E-state index contributed by atoms with van der Waals surface area (Å²) in [6, 6.07) is 0. The fourth-order valence-corrected chi connectivity index (χ4v) is 1.05. The van der Waals surface area contributed by atoms with Gasteiger partial charge in [0.15, 0.2) is 0 Å². The molecule has 0 aliphatic carbocycles. The third-order valence-electron chi connectivity index (χ3n) is 2.07. The van der Waals surface area contributed by atoms with Crippen LogP contribution in [0.3, 0.4) is 0 Å². The topological polar surface area (TPSA) is 12.4 Å². The van der Waals surface area contributed by atoms with Gasteiger partial charge in [-0.2, -0.15) is 0 Å². The molecule has 0 rings (SSSR count). The second-order valence-electron chi connectivity index (χ2n) is 3.52. The highest BCUT2D eigenvalue weighted by Gasteiger charge is 1.91. The predicted molar refractivity (Wildman–Crippen MR) is 70.5 cm³/mol. The molecule has 0 spiro atoms. The van der Waals surface area contributed by atoms with E-state index in [-0.39, 0.29) is 0 Å². The van der Waals surface area contributed by atoms with E-state index in [1.54, 1.807) is 13.3 Å². The summed E-state index contributed by atoms with van der Waals surface area (Å²) in [5, 5.41) is 0. The summed E-state index contributed by atoms with van der Waals surface area (Å²) in [4.78, 5) is 3.90. The largest absolute Gasteiger partial charge is 0.297 e. The quantitative estimate of drug-likeness (QED) is 0.455. The molecule has 0 heterocycles. The molecule has 0 aromatic carbocycles. The molecule has 0 aliphatic heterocycles. The maximum Gasteiger partial charge on any atom is 0.0277 e. The van der Waals surface area contributed by atoms with Crippen molar-refractivity contribution in [1.29, 1.82) is 0 Å². The fraction of sp³-hybridized carbons (Fsp3) is 0.357. The van der Waals surface area contributed by atoms with Crippen molar-refractivity contribution in [2.24, 2.45) is 4.99 Å². The molecule has 0 amide bonds. The lowest BCUT2D eigenvalue weighted by Crippen LogP contribution is -1.81. The van der Waals surface area contributed by atoms with Crippen molar-refractivity contribution < 1.29 is 0 Å². The van der Waals surface area contributed by atoms with Crippen molar-refractivity contribution in [2.45, 2.75) is 26.7 Å². The van der Waals surface area contributed by atoms with E-state index in [0.29, 0.717) is 0 Å². The van der Waals surface area contributed by atoms with E-state index in [9.17, 15) is 0 Å². The van der Waals surface area contributed by atoms with Gasteiger partial charge in [0.05, 0.1) is 0 Å². The van der Waals surface area contributed by atoms with Gasteiger partial charge in [0.25, 0.3) is 0 Å². The molecule has 82 valence electrons. The van der Waals surface area contributed by atoms with E-state index in [4.69, 9.17) is 0 Å². The van der Waals surface area contributed by atoms with Gasteiger partial charge in [-0.25, -0.2) is 0 Å². The lowest BCUT2D eigenvalue weighted by Gasteiger charge is -1.99. The Bertz CT molecular complexity index is 303. The minimum atomic E-state index is 1.01. The van der Waals surface area contributed by atoms with Crippen LogP contribution in [0.15, 0.2) is 53.1 Å². The summed E-state index contributed by atoms with van der Waals surface area (Å²) in [6.45, 7) is 12.1. The first-order chi connectivity index (χ1) is 7.11. The first-order valence-corrected chi connectivity index (χ1v) is 5.26. The number of nitrogens with zero attached hydrogens (tertiary/aromatic N) is 1. The average Bonchev–Trinajstić information content (AvgIpc) is 2.22. The van der Waals surface area contributed by atoms with E-state index < -0.39 is 0 Å². The standard InChI is InChI=1S/C14H21N/c1-6-7-12(2)8-9-13(3)14(4)10-11-15-5/h8-11H,2-3,6-7H2,1,4-5H3. The number of hydrogen-bond acceptors (Lipinski definition) is 1. The molecule has 1 nitrogen and oxygen atoms in total. The Morgan fingerprint density at radius 3 is 2.47 bits per heavy atom. The summed E-state index contributed by atoms with van der Waals surface area (Å²) in [7, 11) is 1.76. The van der Waals surface area contributed by atoms with Crippen LogP contribution >= 0.6 is 0 Å². The SMILES string of the molecule is C=C(C=CC(=C)C(C)=CC=NC)CCC. The number of hydrogen-bond donors (Lipinski definition) is 0. The average molecular weight is 203 g/mol. The molecule has 0 N–H and O–H groups in total. The lowest BCUT2D eigenvalue weighted by atomic mass is 10.1. The van der Waals surface area contributed by atoms with Crippen LogP contribution in [0.1, 0.15) is 26.7 Å². The smallest absolute Gasteiger partial charge is 0.0277 e. The normalized spacial score (nSPS) is 12.6. The van der Waals surface area contributed by atoms with Crippen LogP contribution in [-0.2, 0) is 0 Å². The first kappa shape index (κ1) is 13.6. The summed E-state index contributed by atoms with van der Waals surface area (Å²) in [5.74, 6) is 0. The van der Waals surface area contributed by atoms with Crippen molar-refractivity contribution in [1.82, 2.24) is 0 Å². The van der Waals surface area contributed by atoms with Crippen LogP contribution in [0.2, 0.25) is 0 Å². The molecule has 1 heteroatoms. The van der Waals surface area contributed by atoms with Gasteiger partial charge in [-0.1, -0.05) is 44.2 Å². The predicted octanol–water partition coefficient (Wildman–Crippen LogP) is 4.10. The molecular formula is C14H21N. The molecule has 0 atom stereocenters. The second kappa shape index (κ2) is 7.98. The monoisotopic (exact) mass is 203 g/mol. The number of rotatable bonds is 6. The van der Waals surface area contributed by atoms with E-state index in [2.05, 4.69) is 25.1 Å². The molecule has 0 saturated carbocycles. The van der Waals surface area contributed by atoms with Gasteiger partial charge in [0, 0.05) is 13.3 Å². The second-order valence-corrected chi connectivity index (χ2v) is 3.52. The zero-order valence-corrected chi connectivity index (χ0v) is 10.1. The summed E-state index contributed by atoms with van der Waals surface area (Å²) < 4.78 is 0. The zero-order valence-electron chi connectivity index (χ0n) is 10.1. The first-order valence-electron chi connectivity index (χ1n) is 5.26. The van der Waals surface area contributed by atoms with Crippen LogP contribution in [0.4, 0.5) is 0 Å². The third kappa shape index (κ3) is 6.67. The van der Waals surface area contributed by atoms with Gasteiger partial charge in [-0.15, -0.1) is 0 Å². The highest BCUT2D eigenvalue weighted by atomic mass is 14.6. The fourth-order valence-electron chi connectivity index (χ4n) is 1.05. The maximum atomic E-state index is 3.98. The van der Waals surface area contributed by atoms with Gasteiger partial charge < -0.3 is 0 Å². The van der Waals surface area contributed by atoms with Crippen molar-refractivity contribution in [3.8, 4) is 0 Å². The van der Waals surface area contributed by atoms with Gasteiger partial charge in [-0.3, -0.25) is 4.99 Å². The van der Waals surface area contributed by atoms with Gasteiger partial charge in [0.1, 0.15) is 0 Å². The van der Waals surface area contributed by atoms with Gasteiger partial charge >= 0.3 is 0 Å². The molecule has 0 bridgehead atoms. The minimum Gasteiger partial charge on any atom is -0.297 e. The molecule has 0 fully saturated rings.